The van der Waals surface area contributed by atoms with Gasteiger partial charge in [-0.05, 0) is 31.0 Å². The number of carbonyl (C=O) groups is 3. The van der Waals surface area contributed by atoms with Crippen LogP contribution in [0, 0.1) is 0 Å². The van der Waals surface area contributed by atoms with E-state index in [1.54, 1.807) is 0 Å². The Morgan fingerprint density at radius 2 is 1.78 bits per heavy atom. The van der Waals surface area contributed by atoms with E-state index >= 15 is 0 Å². The first-order chi connectivity index (χ1) is 8.47. The lowest BCUT2D eigenvalue weighted by Crippen LogP contribution is -2.45. The predicted octanol–water partition coefficient (Wildman–Crippen LogP) is -1.56. The molecule has 2 amide bonds. The monoisotopic (exact) mass is 278 g/mol. The van der Waals surface area contributed by atoms with Crippen LogP contribution in [0.1, 0.15) is 19.3 Å². The van der Waals surface area contributed by atoms with Crippen LogP contribution in [0.4, 0.5) is 0 Å². The molecule has 18 heavy (non-hydrogen) atoms. The quantitative estimate of drug-likeness (QED) is 0.300. The largest absolute Gasteiger partial charge is 0.346 e. The molecule has 0 aromatic rings. The van der Waals surface area contributed by atoms with Gasteiger partial charge < -0.3 is 22.1 Å². The van der Waals surface area contributed by atoms with E-state index < -0.39 is 23.1 Å². The maximum Gasteiger partial charge on any atom is 0.240 e. The van der Waals surface area contributed by atoms with Gasteiger partial charge in [0.2, 0.25) is 17.1 Å². The Morgan fingerprint density at radius 3 is 2.33 bits per heavy atom. The third kappa shape index (κ3) is 8.91. The lowest BCUT2D eigenvalue weighted by molar-refractivity contribution is -0.127. The number of halogens is 1. The highest BCUT2D eigenvalue weighted by molar-refractivity contribution is 6.64. The van der Waals surface area contributed by atoms with Gasteiger partial charge in [0.05, 0.1) is 19.1 Å². The molecule has 7 nitrogen and oxygen atoms in total. The van der Waals surface area contributed by atoms with Crippen molar-refractivity contribution in [1.29, 1.82) is 0 Å². The number of hydrogen-bond acceptors (Lipinski definition) is 5. The summed E-state index contributed by atoms with van der Waals surface area (Å²) in [6, 6.07) is -0.654. The number of rotatable bonds is 9. The molecule has 0 unspecified atom stereocenters. The van der Waals surface area contributed by atoms with E-state index in [2.05, 4.69) is 10.6 Å². The molecule has 0 aromatic carbocycles. The smallest absolute Gasteiger partial charge is 0.240 e. The molecular weight excluding hydrogens is 260 g/mol. The van der Waals surface area contributed by atoms with Gasteiger partial charge in [-0.15, -0.1) is 0 Å². The Kier molecular flexibility index (Phi) is 9.17. The fourth-order valence-electron chi connectivity index (χ4n) is 1.17. The third-order valence-corrected chi connectivity index (χ3v) is 2.29. The average molecular weight is 279 g/mol. The van der Waals surface area contributed by atoms with Gasteiger partial charge in [-0.1, -0.05) is 6.42 Å². The first-order valence-corrected chi connectivity index (χ1v) is 6.03. The molecule has 0 saturated heterocycles. The van der Waals surface area contributed by atoms with Gasteiger partial charge >= 0.3 is 0 Å². The van der Waals surface area contributed by atoms with E-state index in [-0.39, 0.29) is 13.1 Å². The number of hydrogen-bond donors (Lipinski definition) is 4. The fourth-order valence-corrected chi connectivity index (χ4v) is 1.24. The second kappa shape index (κ2) is 9.81. The average Bonchev–Trinajstić information content (AvgIpc) is 2.33. The Balaban J connectivity index is 3.74. The van der Waals surface area contributed by atoms with Gasteiger partial charge in [-0.2, -0.15) is 0 Å². The summed E-state index contributed by atoms with van der Waals surface area (Å²) < 4.78 is 0. The van der Waals surface area contributed by atoms with E-state index in [9.17, 15) is 14.4 Å². The zero-order valence-corrected chi connectivity index (χ0v) is 10.8. The molecule has 0 aliphatic rings. The molecule has 0 saturated carbocycles. The van der Waals surface area contributed by atoms with E-state index in [0.717, 1.165) is 12.8 Å². The van der Waals surface area contributed by atoms with Crippen molar-refractivity contribution in [3.05, 3.63) is 0 Å². The topological polar surface area (TPSA) is 127 Å². The molecule has 0 spiro atoms. The molecule has 0 aliphatic heterocycles. The van der Waals surface area contributed by atoms with Crippen molar-refractivity contribution < 1.29 is 14.4 Å². The van der Waals surface area contributed by atoms with Crippen molar-refractivity contribution in [2.75, 3.05) is 19.6 Å². The minimum absolute atomic E-state index is 0.229. The van der Waals surface area contributed by atoms with Crippen molar-refractivity contribution in [3.8, 4) is 0 Å². The highest BCUT2D eigenvalue weighted by Crippen LogP contribution is 1.97. The van der Waals surface area contributed by atoms with E-state index in [4.69, 9.17) is 23.1 Å². The molecule has 1 atom stereocenters. The van der Waals surface area contributed by atoms with Gasteiger partial charge in [0, 0.05) is 0 Å². The van der Waals surface area contributed by atoms with Crippen molar-refractivity contribution in [1.82, 2.24) is 10.6 Å². The van der Waals surface area contributed by atoms with Crippen molar-refractivity contribution in [3.63, 3.8) is 0 Å². The summed E-state index contributed by atoms with van der Waals surface area (Å²) in [6.45, 7) is 0.0651. The predicted molar refractivity (Wildman–Crippen MR) is 67.8 cm³/mol. The molecule has 0 aromatic heterocycles. The minimum Gasteiger partial charge on any atom is -0.346 e. The van der Waals surface area contributed by atoms with Gasteiger partial charge in [0.15, 0.2) is 0 Å². The zero-order chi connectivity index (χ0) is 14.0. The van der Waals surface area contributed by atoms with Crippen LogP contribution in [-0.4, -0.2) is 42.7 Å². The molecule has 0 aliphatic carbocycles. The van der Waals surface area contributed by atoms with Gasteiger partial charge in [-0.25, -0.2) is 0 Å². The number of amides is 2. The fraction of sp³-hybridized carbons (Fsp3) is 0.700. The van der Waals surface area contributed by atoms with E-state index in [1.165, 1.54) is 0 Å². The summed E-state index contributed by atoms with van der Waals surface area (Å²) in [6.07, 6.45) is 2.09. The summed E-state index contributed by atoms with van der Waals surface area (Å²) in [4.78, 5) is 33.0. The van der Waals surface area contributed by atoms with Crippen LogP contribution in [0.15, 0.2) is 0 Å². The summed E-state index contributed by atoms with van der Waals surface area (Å²) >= 11 is 5.03. The van der Waals surface area contributed by atoms with Crippen LogP contribution in [0.2, 0.25) is 0 Å². The van der Waals surface area contributed by atoms with Gasteiger partial charge in [0.1, 0.15) is 0 Å². The Labute approximate surface area is 111 Å². The summed E-state index contributed by atoms with van der Waals surface area (Å²) in [5.74, 6) is -0.897. The van der Waals surface area contributed by atoms with Crippen molar-refractivity contribution in [2.45, 2.75) is 25.3 Å². The minimum atomic E-state index is -0.673. The molecule has 0 bridgehead atoms. The van der Waals surface area contributed by atoms with Gasteiger partial charge in [0.25, 0.3) is 0 Å². The van der Waals surface area contributed by atoms with Gasteiger partial charge in [-0.3, -0.25) is 14.4 Å². The maximum absolute atomic E-state index is 11.4. The lowest BCUT2D eigenvalue weighted by Gasteiger charge is -2.11. The maximum atomic E-state index is 11.4. The first-order valence-electron chi connectivity index (χ1n) is 5.65. The number of nitrogens with one attached hydrogen (secondary N) is 2. The van der Waals surface area contributed by atoms with Crippen LogP contribution in [-0.2, 0) is 14.4 Å². The number of unbranched alkanes of at least 4 members (excludes halogenated alkanes) is 1. The van der Waals surface area contributed by atoms with Crippen LogP contribution in [0.3, 0.4) is 0 Å². The summed E-state index contributed by atoms with van der Waals surface area (Å²) in [5.41, 5.74) is 10.9. The van der Waals surface area contributed by atoms with Crippen LogP contribution >= 0.6 is 11.6 Å². The van der Waals surface area contributed by atoms with Crippen LogP contribution in [0.5, 0.6) is 0 Å². The SMILES string of the molecule is NCCCC[C@H](N)C(=O)NCC(=O)NCC(=O)Cl. The third-order valence-electron chi connectivity index (χ3n) is 2.15. The molecule has 0 radical (unpaired) electrons. The summed E-state index contributed by atoms with van der Waals surface area (Å²) in [7, 11) is 0. The Morgan fingerprint density at radius 1 is 1.11 bits per heavy atom. The highest BCUT2D eigenvalue weighted by Gasteiger charge is 2.13. The molecule has 104 valence electrons. The normalized spacial score (nSPS) is 11.7. The molecule has 8 heteroatoms. The Hall–Kier alpha value is -1.18. The number of nitrogens with two attached hydrogens (primary N) is 2. The molecule has 0 heterocycles. The second-order valence-electron chi connectivity index (χ2n) is 3.74. The highest BCUT2D eigenvalue weighted by atomic mass is 35.5. The molecule has 0 fully saturated rings. The Bertz CT molecular complexity index is 299. The van der Waals surface area contributed by atoms with E-state index in [1.807, 2.05) is 0 Å². The molecule has 6 N–H and O–H groups in total. The van der Waals surface area contributed by atoms with E-state index in [0.29, 0.717) is 13.0 Å². The molecule has 0 rings (SSSR count). The summed E-state index contributed by atoms with van der Waals surface area (Å²) in [5, 5.41) is 3.93. The lowest BCUT2D eigenvalue weighted by atomic mass is 10.1. The molecular formula is C10H19ClN4O3. The van der Waals surface area contributed by atoms with Crippen molar-refractivity contribution >= 4 is 28.7 Å². The van der Waals surface area contributed by atoms with Crippen LogP contribution in [0.25, 0.3) is 0 Å². The van der Waals surface area contributed by atoms with Crippen molar-refractivity contribution in [2.24, 2.45) is 11.5 Å². The van der Waals surface area contributed by atoms with Crippen LogP contribution < -0.4 is 22.1 Å². The zero-order valence-electron chi connectivity index (χ0n) is 10.1. The second-order valence-corrected chi connectivity index (χ2v) is 4.16. The first kappa shape index (κ1) is 16.8. The standard InChI is InChI=1S/C10H19ClN4O3/c11-8(16)5-14-9(17)6-15-10(18)7(13)3-1-2-4-12/h7H,1-6,12-13H2,(H,14,17)(H,15,18)/t7-/m0/s1. The number of carbonyl (C=O) groups excluding carboxylic acids is 3.